The van der Waals surface area contributed by atoms with Crippen LogP contribution in [-0.2, 0) is 4.79 Å². The molecule has 3 aromatic rings. The fourth-order valence-electron chi connectivity index (χ4n) is 10.3. The standard InChI is InChI=1S/C69H111N5O4/c1-13-25-31-53(19-7)48-74(49-54(20-8)32-26-14-2)65-44-62(71-69(75)60(24-12)36-30-18-6)63(45-68(65)78-52-57(23-11)35-29-17-5)72-73-64-46-66(76-50-55(21-9)33-27-15-3)61(42-41-58-37-39-59(47-70)40-38-58)43-67(64)77-51-56(22-10)34-28-16-4/h37-46,53-57,60H,13-36,48-52H2,1-12H3,(H,71,75)/b42-41+,73-72?. The molecule has 0 bridgehead atoms. The lowest BCUT2D eigenvalue weighted by Gasteiger charge is -2.34. The van der Waals surface area contributed by atoms with Crippen LogP contribution in [0.25, 0.3) is 12.2 Å². The van der Waals surface area contributed by atoms with Gasteiger partial charge in [-0.2, -0.15) is 5.26 Å². The molecule has 0 fully saturated rings. The minimum atomic E-state index is -0.126. The molecule has 0 aliphatic carbocycles. The van der Waals surface area contributed by atoms with Crippen LogP contribution in [0.1, 0.15) is 254 Å². The normalized spacial score (nSPS) is 14.0. The fourth-order valence-corrected chi connectivity index (χ4v) is 10.3. The van der Waals surface area contributed by atoms with E-state index in [1.165, 1.54) is 44.9 Å². The van der Waals surface area contributed by atoms with Gasteiger partial charge in [-0.05, 0) is 104 Å². The number of nitrogens with zero attached hydrogens (tertiary/aromatic N) is 4. The lowest BCUT2D eigenvalue weighted by Crippen LogP contribution is -2.34. The first-order valence-electron chi connectivity index (χ1n) is 31.9. The van der Waals surface area contributed by atoms with Crippen molar-refractivity contribution in [3.8, 4) is 23.3 Å². The molecule has 0 heterocycles. The third-order valence-electron chi connectivity index (χ3n) is 16.4. The van der Waals surface area contributed by atoms with Crippen molar-refractivity contribution >= 4 is 40.8 Å². The smallest absolute Gasteiger partial charge is 0.227 e. The van der Waals surface area contributed by atoms with Crippen molar-refractivity contribution in [2.24, 2.45) is 45.7 Å². The number of ether oxygens (including phenoxy) is 3. The van der Waals surface area contributed by atoms with Gasteiger partial charge in [-0.1, -0.05) is 217 Å². The molecule has 0 aromatic heterocycles. The number of nitriles is 1. The Hall–Kier alpha value is -4.84. The summed E-state index contributed by atoms with van der Waals surface area (Å²) in [5.74, 6) is 4.29. The molecule has 9 heteroatoms. The van der Waals surface area contributed by atoms with Gasteiger partial charge in [0.15, 0.2) is 0 Å². The molecule has 0 aliphatic rings. The Morgan fingerprint density at radius 2 is 0.962 bits per heavy atom. The summed E-state index contributed by atoms with van der Waals surface area (Å²) in [4.78, 5) is 17.2. The number of anilines is 2. The summed E-state index contributed by atoms with van der Waals surface area (Å²) in [5, 5.41) is 23.3. The van der Waals surface area contributed by atoms with Crippen LogP contribution in [0.15, 0.2) is 58.8 Å². The van der Waals surface area contributed by atoms with E-state index in [4.69, 9.17) is 24.4 Å². The summed E-state index contributed by atoms with van der Waals surface area (Å²) in [7, 11) is 0. The fraction of sp³-hybridized carbons (Fsp3) is 0.681. The Labute approximate surface area is 477 Å². The predicted octanol–water partition coefficient (Wildman–Crippen LogP) is 21.3. The van der Waals surface area contributed by atoms with E-state index in [2.05, 4.69) is 130 Å². The minimum Gasteiger partial charge on any atom is -0.493 e. The number of benzene rings is 3. The lowest BCUT2D eigenvalue weighted by atomic mass is 9.95. The van der Waals surface area contributed by atoms with Crippen LogP contribution in [-0.4, -0.2) is 38.8 Å². The highest BCUT2D eigenvalue weighted by molar-refractivity contribution is 5.96. The molecule has 6 unspecified atom stereocenters. The van der Waals surface area contributed by atoms with Crippen LogP contribution in [0.5, 0.6) is 17.2 Å². The largest absolute Gasteiger partial charge is 0.493 e. The highest BCUT2D eigenvalue weighted by Gasteiger charge is 2.26. The molecular weight excluding hydrogens is 963 g/mol. The number of amides is 1. The zero-order valence-corrected chi connectivity index (χ0v) is 51.7. The van der Waals surface area contributed by atoms with E-state index in [1.807, 2.05) is 30.3 Å². The van der Waals surface area contributed by atoms with E-state index in [0.717, 1.165) is 145 Å². The Morgan fingerprint density at radius 1 is 0.526 bits per heavy atom. The van der Waals surface area contributed by atoms with Gasteiger partial charge in [0, 0.05) is 36.7 Å². The van der Waals surface area contributed by atoms with Crippen molar-refractivity contribution in [1.82, 2.24) is 0 Å². The van der Waals surface area contributed by atoms with E-state index in [-0.39, 0.29) is 11.8 Å². The summed E-state index contributed by atoms with van der Waals surface area (Å²) < 4.78 is 20.9. The third kappa shape index (κ3) is 24.3. The van der Waals surface area contributed by atoms with Crippen LogP contribution < -0.4 is 24.4 Å². The number of unbranched alkanes of at least 4 members (excludes halogenated alkanes) is 6. The van der Waals surface area contributed by atoms with Crippen LogP contribution in [0, 0.1) is 46.8 Å². The molecule has 0 spiro atoms. The van der Waals surface area contributed by atoms with Crippen molar-refractivity contribution in [2.45, 2.75) is 237 Å². The van der Waals surface area contributed by atoms with E-state index < -0.39 is 0 Å². The topological polar surface area (TPSA) is 109 Å². The molecule has 9 nitrogen and oxygen atoms in total. The molecule has 3 rings (SSSR count). The molecule has 1 amide bonds. The van der Waals surface area contributed by atoms with Crippen molar-refractivity contribution in [2.75, 3.05) is 43.1 Å². The average Bonchev–Trinajstić information content (AvgIpc) is 3.47. The van der Waals surface area contributed by atoms with Crippen molar-refractivity contribution in [1.29, 1.82) is 5.26 Å². The third-order valence-corrected chi connectivity index (χ3v) is 16.4. The number of carbonyl (C=O) groups excluding carboxylic acids is 1. The van der Waals surface area contributed by atoms with Crippen LogP contribution in [0.4, 0.5) is 22.7 Å². The lowest BCUT2D eigenvalue weighted by molar-refractivity contribution is -0.120. The van der Waals surface area contributed by atoms with Gasteiger partial charge in [-0.15, -0.1) is 10.2 Å². The number of carbonyl (C=O) groups is 1. The van der Waals surface area contributed by atoms with Gasteiger partial charge in [0.2, 0.25) is 5.91 Å². The maximum atomic E-state index is 14.6. The minimum absolute atomic E-state index is 0.0206. The molecule has 0 saturated heterocycles. The maximum absolute atomic E-state index is 14.6. The second-order valence-electron chi connectivity index (χ2n) is 22.6. The first-order chi connectivity index (χ1) is 38.0. The molecule has 6 atom stereocenters. The number of rotatable bonds is 44. The van der Waals surface area contributed by atoms with E-state index >= 15 is 0 Å². The van der Waals surface area contributed by atoms with Gasteiger partial charge in [0.05, 0.1) is 42.8 Å². The van der Waals surface area contributed by atoms with E-state index in [9.17, 15) is 10.1 Å². The van der Waals surface area contributed by atoms with Gasteiger partial charge in [0.25, 0.3) is 0 Å². The Morgan fingerprint density at radius 3 is 1.42 bits per heavy atom. The number of hydrogen-bond acceptors (Lipinski definition) is 8. The SMILES string of the molecule is CCCCC(CC)COc1cc(N=Nc2cc(OCC(CC)CCCC)c(N(CC(CC)CCCC)CC(CC)CCCC)cc2NC(=O)C(CC)CCCC)c(OCC(CC)CCCC)cc1/C=C/c1ccc(C#N)cc1. The average molecular weight is 1070 g/mol. The maximum Gasteiger partial charge on any atom is 0.227 e. The van der Waals surface area contributed by atoms with E-state index in [1.54, 1.807) is 0 Å². The first kappa shape index (κ1) is 67.4. The van der Waals surface area contributed by atoms with Crippen LogP contribution in [0.2, 0.25) is 0 Å². The molecular formula is C69H111N5O4. The quantitative estimate of drug-likeness (QED) is 0.0446. The van der Waals surface area contributed by atoms with Gasteiger partial charge in [-0.3, -0.25) is 4.79 Å². The summed E-state index contributed by atoms with van der Waals surface area (Å²) in [6.45, 7) is 30.7. The second-order valence-corrected chi connectivity index (χ2v) is 22.6. The number of azo groups is 1. The Bertz CT molecular complexity index is 2160. The summed E-state index contributed by atoms with van der Waals surface area (Å²) in [5.41, 5.74) is 5.30. The highest BCUT2D eigenvalue weighted by atomic mass is 16.5. The van der Waals surface area contributed by atoms with Crippen molar-refractivity contribution in [3.05, 3.63) is 65.2 Å². The van der Waals surface area contributed by atoms with Gasteiger partial charge >= 0.3 is 0 Å². The number of hydrogen-bond donors (Lipinski definition) is 1. The summed E-state index contributed by atoms with van der Waals surface area (Å²) in [6, 6.07) is 18.2. The first-order valence-corrected chi connectivity index (χ1v) is 31.9. The summed E-state index contributed by atoms with van der Waals surface area (Å²) in [6.07, 6.45) is 30.4. The van der Waals surface area contributed by atoms with Gasteiger partial charge in [-0.25, -0.2) is 0 Å². The van der Waals surface area contributed by atoms with E-state index in [0.29, 0.717) is 83.5 Å². The molecule has 3 aromatic carbocycles. The highest BCUT2D eigenvalue weighted by Crippen LogP contribution is 2.44. The van der Waals surface area contributed by atoms with Gasteiger partial charge in [0.1, 0.15) is 28.6 Å². The Balaban J connectivity index is 2.49. The van der Waals surface area contributed by atoms with Crippen LogP contribution >= 0.6 is 0 Å². The molecule has 0 radical (unpaired) electrons. The predicted molar refractivity (Wildman–Crippen MR) is 334 cm³/mol. The molecule has 436 valence electrons. The zero-order chi connectivity index (χ0) is 56.9. The summed E-state index contributed by atoms with van der Waals surface area (Å²) >= 11 is 0. The Kier molecular flexibility index (Phi) is 34.9. The molecule has 0 aliphatic heterocycles. The molecule has 1 N–H and O–H groups in total. The van der Waals surface area contributed by atoms with Crippen LogP contribution in [0.3, 0.4) is 0 Å². The van der Waals surface area contributed by atoms with Gasteiger partial charge < -0.3 is 24.4 Å². The monoisotopic (exact) mass is 1070 g/mol. The molecule has 78 heavy (non-hydrogen) atoms. The van der Waals surface area contributed by atoms with Crippen molar-refractivity contribution in [3.63, 3.8) is 0 Å². The zero-order valence-electron chi connectivity index (χ0n) is 51.7. The second kappa shape index (κ2) is 40.4. The molecule has 0 saturated carbocycles. The number of nitrogens with one attached hydrogen (secondary N) is 1. The van der Waals surface area contributed by atoms with Crippen molar-refractivity contribution < 1.29 is 19.0 Å².